The number of nitrogens with two attached hydrogens (primary N) is 1. The lowest BCUT2D eigenvalue weighted by atomic mass is 10.2. The number of allylic oxidation sites excluding steroid dienone is 2. The maximum Gasteiger partial charge on any atom is 0.0555 e. The van der Waals surface area contributed by atoms with Crippen molar-refractivity contribution in [2.24, 2.45) is 10.7 Å². The van der Waals surface area contributed by atoms with Gasteiger partial charge in [-0.1, -0.05) is 20.4 Å². The van der Waals surface area contributed by atoms with Crippen molar-refractivity contribution in [3.8, 4) is 0 Å². The van der Waals surface area contributed by atoms with Crippen molar-refractivity contribution >= 4 is 6.21 Å². The van der Waals surface area contributed by atoms with Gasteiger partial charge in [-0.25, -0.2) is 0 Å². The highest BCUT2D eigenvalue weighted by molar-refractivity contribution is 5.78. The van der Waals surface area contributed by atoms with Crippen LogP contribution in [0.2, 0.25) is 0 Å². The van der Waals surface area contributed by atoms with Crippen molar-refractivity contribution < 1.29 is 0 Å². The van der Waals surface area contributed by atoms with Gasteiger partial charge >= 0.3 is 0 Å². The summed E-state index contributed by atoms with van der Waals surface area (Å²) in [5, 5.41) is 0. The average molecular weight is 152 g/mol. The zero-order valence-corrected chi connectivity index (χ0v) is 7.30. The molecule has 0 saturated carbocycles. The molecule has 0 bridgehead atoms. The summed E-state index contributed by atoms with van der Waals surface area (Å²) in [6.07, 6.45) is 5.09. The van der Waals surface area contributed by atoms with Crippen molar-refractivity contribution in [3.05, 3.63) is 24.0 Å². The average Bonchev–Trinajstić information content (AvgIpc) is 2.06. The van der Waals surface area contributed by atoms with Gasteiger partial charge < -0.3 is 5.73 Å². The molecule has 0 atom stereocenters. The highest BCUT2D eigenvalue weighted by Gasteiger charge is 1.86. The highest BCUT2D eigenvalue weighted by Crippen LogP contribution is 2.00. The van der Waals surface area contributed by atoms with Gasteiger partial charge in [0.2, 0.25) is 0 Å². The molecule has 0 aliphatic rings. The van der Waals surface area contributed by atoms with E-state index in [1.165, 1.54) is 6.20 Å². The molecule has 0 aromatic rings. The molecule has 11 heavy (non-hydrogen) atoms. The molecule has 0 heterocycles. The van der Waals surface area contributed by atoms with Gasteiger partial charge in [0.15, 0.2) is 0 Å². The topological polar surface area (TPSA) is 38.4 Å². The molecule has 0 amide bonds. The zero-order chi connectivity index (χ0) is 8.69. The molecule has 0 saturated heterocycles. The standard InChI is InChI=1S/C9H16N2/c1-4-8(3)7-11-9(5-2)6-10/h6-7H,3-5,10H2,1-2H3/b9-6-,11-7?. The van der Waals surface area contributed by atoms with Crippen molar-refractivity contribution in [3.63, 3.8) is 0 Å². The number of hydrogen-bond donors (Lipinski definition) is 1. The van der Waals surface area contributed by atoms with Crippen molar-refractivity contribution in [2.75, 3.05) is 0 Å². The molecule has 0 aliphatic carbocycles. The van der Waals surface area contributed by atoms with Gasteiger partial charge in [0.1, 0.15) is 0 Å². The maximum absolute atomic E-state index is 5.31. The van der Waals surface area contributed by atoms with Crippen LogP contribution in [0.5, 0.6) is 0 Å². The fourth-order valence-corrected chi connectivity index (χ4v) is 0.518. The monoisotopic (exact) mass is 152 g/mol. The summed E-state index contributed by atoms with van der Waals surface area (Å²) < 4.78 is 0. The lowest BCUT2D eigenvalue weighted by Crippen LogP contribution is -1.86. The smallest absolute Gasteiger partial charge is 0.0555 e. The highest BCUT2D eigenvalue weighted by atomic mass is 14.7. The minimum absolute atomic E-state index is 0.865. The van der Waals surface area contributed by atoms with Crippen molar-refractivity contribution in [1.82, 2.24) is 0 Å². The third-order valence-electron chi connectivity index (χ3n) is 1.42. The van der Waals surface area contributed by atoms with Gasteiger partial charge in [0.05, 0.1) is 5.70 Å². The first-order valence-corrected chi connectivity index (χ1v) is 3.87. The van der Waals surface area contributed by atoms with E-state index >= 15 is 0 Å². The second kappa shape index (κ2) is 5.71. The molecule has 0 unspecified atom stereocenters. The number of hydrogen-bond acceptors (Lipinski definition) is 2. The van der Waals surface area contributed by atoms with E-state index in [2.05, 4.69) is 11.6 Å². The van der Waals surface area contributed by atoms with Gasteiger partial charge in [0, 0.05) is 12.4 Å². The van der Waals surface area contributed by atoms with E-state index < -0.39 is 0 Å². The van der Waals surface area contributed by atoms with E-state index in [-0.39, 0.29) is 0 Å². The Morgan fingerprint density at radius 1 is 1.45 bits per heavy atom. The summed E-state index contributed by atoms with van der Waals surface area (Å²) in [6.45, 7) is 7.86. The van der Waals surface area contributed by atoms with Gasteiger partial charge in [-0.3, -0.25) is 4.99 Å². The minimum Gasteiger partial charge on any atom is -0.403 e. The summed E-state index contributed by atoms with van der Waals surface area (Å²) in [4.78, 5) is 4.14. The first-order chi connectivity index (χ1) is 5.24. The van der Waals surface area contributed by atoms with E-state index in [4.69, 9.17) is 5.73 Å². The molecule has 0 aliphatic heterocycles. The second-order valence-electron chi connectivity index (χ2n) is 2.28. The molecule has 2 heteroatoms. The van der Waals surface area contributed by atoms with Crippen LogP contribution in [0, 0.1) is 0 Å². The summed E-state index contributed by atoms with van der Waals surface area (Å²) in [5.74, 6) is 0. The summed E-state index contributed by atoms with van der Waals surface area (Å²) in [7, 11) is 0. The van der Waals surface area contributed by atoms with Crippen LogP contribution in [0.4, 0.5) is 0 Å². The number of rotatable bonds is 4. The maximum atomic E-state index is 5.31. The molecule has 0 aromatic carbocycles. The van der Waals surface area contributed by atoms with Crippen LogP contribution in [-0.2, 0) is 0 Å². The Bertz CT molecular complexity index is 178. The van der Waals surface area contributed by atoms with Crippen LogP contribution in [0.15, 0.2) is 29.0 Å². The van der Waals surface area contributed by atoms with E-state index in [1.54, 1.807) is 6.21 Å². The van der Waals surface area contributed by atoms with Crippen molar-refractivity contribution in [2.45, 2.75) is 26.7 Å². The molecule has 62 valence electrons. The molecule has 2 N–H and O–H groups in total. The van der Waals surface area contributed by atoms with Gasteiger partial charge in [-0.2, -0.15) is 0 Å². The normalized spacial score (nSPS) is 12.4. The first-order valence-electron chi connectivity index (χ1n) is 3.87. The summed E-state index contributed by atoms with van der Waals surface area (Å²) in [5.41, 5.74) is 7.23. The SMILES string of the molecule is C=C(C=N/C(=C\N)CC)CC. The van der Waals surface area contributed by atoms with Gasteiger partial charge in [-0.15, -0.1) is 0 Å². The van der Waals surface area contributed by atoms with E-state index in [0.717, 1.165) is 24.1 Å². The molecular formula is C9H16N2. The summed E-state index contributed by atoms with van der Waals surface area (Å²) in [6, 6.07) is 0. The number of aliphatic imine (C=N–C) groups is 1. The molecule has 0 aromatic heterocycles. The molecule has 0 fully saturated rings. The zero-order valence-electron chi connectivity index (χ0n) is 7.30. The largest absolute Gasteiger partial charge is 0.403 e. The van der Waals surface area contributed by atoms with Gasteiger partial charge in [0.25, 0.3) is 0 Å². The Balaban J connectivity index is 4.00. The lowest BCUT2D eigenvalue weighted by molar-refractivity contribution is 1.06. The predicted molar refractivity (Wildman–Crippen MR) is 50.5 cm³/mol. The van der Waals surface area contributed by atoms with E-state index in [9.17, 15) is 0 Å². The van der Waals surface area contributed by atoms with Crippen molar-refractivity contribution in [1.29, 1.82) is 0 Å². The fourth-order valence-electron chi connectivity index (χ4n) is 0.518. The Kier molecular flexibility index (Phi) is 5.17. The van der Waals surface area contributed by atoms with Crippen LogP contribution in [-0.4, -0.2) is 6.21 Å². The fraction of sp³-hybridized carbons (Fsp3) is 0.444. The van der Waals surface area contributed by atoms with Crippen LogP contribution in [0.25, 0.3) is 0 Å². The first kappa shape index (κ1) is 9.95. The molecule has 0 spiro atoms. The van der Waals surface area contributed by atoms with Crippen LogP contribution in [0.1, 0.15) is 26.7 Å². The molecular weight excluding hydrogens is 136 g/mol. The minimum atomic E-state index is 0.865. The lowest BCUT2D eigenvalue weighted by Gasteiger charge is -1.94. The Hall–Kier alpha value is -1.05. The van der Waals surface area contributed by atoms with Gasteiger partial charge in [-0.05, 0) is 18.4 Å². The second-order valence-corrected chi connectivity index (χ2v) is 2.28. The van der Waals surface area contributed by atoms with E-state index in [0.29, 0.717) is 0 Å². The van der Waals surface area contributed by atoms with E-state index in [1.807, 2.05) is 13.8 Å². The third-order valence-corrected chi connectivity index (χ3v) is 1.42. The van der Waals surface area contributed by atoms with Crippen LogP contribution in [0.3, 0.4) is 0 Å². The van der Waals surface area contributed by atoms with Crippen LogP contribution < -0.4 is 5.73 Å². The Morgan fingerprint density at radius 2 is 2.09 bits per heavy atom. The number of nitrogens with zero attached hydrogens (tertiary/aromatic N) is 1. The molecule has 0 rings (SSSR count). The predicted octanol–water partition coefficient (Wildman–Crippen LogP) is 2.23. The molecule has 2 nitrogen and oxygen atoms in total. The molecule has 0 radical (unpaired) electrons. The quantitative estimate of drug-likeness (QED) is 0.616. The Labute approximate surface area is 68.5 Å². The summed E-state index contributed by atoms with van der Waals surface area (Å²) >= 11 is 0. The Morgan fingerprint density at radius 3 is 2.45 bits per heavy atom. The van der Waals surface area contributed by atoms with Crippen LogP contribution >= 0.6 is 0 Å². The third kappa shape index (κ3) is 4.37.